The largest absolute Gasteiger partial charge is 0.345 e. The third kappa shape index (κ3) is 3.30. The third-order valence-corrected chi connectivity index (χ3v) is 4.30. The lowest BCUT2D eigenvalue weighted by atomic mass is 10.2. The van der Waals surface area contributed by atoms with Crippen LogP contribution in [0.3, 0.4) is 0 Å². The first-order valence-electron chi connectivity index (χ1n) is 5.73. The highest BCUT2D eigenvalue weighted by molar-refractivity contribution is 7.90. The average Bonchev–Trinajstić information content (AvgIpc) is 2.73. The van der Waals surface area contributed by atoms with E-state index in [4.69, 9.17) is 0 Å². The van der Waals surface area contributed by atoms with Crippen molar-refractivity contribution in [3.63, 3.8) is 0 Å². The molecule has 0 bridgehead atoms. The van der Waals surface area contributed by atoms with E-state index in [0.29, 0.717) is 6.54 Å². The van der Waals surface area contributed by atoms with Crippen LogP contribution < -0.4 is 0 Å². The predicted molar refractivity (Wildman–Crippen MR) is 72.1 cm³/mol. The number of sulfone groups is 1. The maximum absolute atomic E-state index is 11.9. The van der Waals surface area contributed by atoms with Crippen molar-refractivity contribution in [3.05, 3.63) is 30.1 Å². The first-order valence-corrected chi connectivity index (χ1v) is 7.55. The van der Waals surface area contributed by atoms with Crippen LogP contribution in [0.1, 0.15) is 5.56 Å². The van der Waals surface area contributed by atoms with Crippen LogP contribution >= 0.6 is 0 Å². The summed E-state index contributed by atoms with van der Waals surface area (Å²) in [6.07, 6.45) is 1.61. The van der Waals surface area contributed by atoms with Gasteiger partial charge in [-0.05, 0) is 31.8 Å². The predicted octanol–water partition coefficient (Wildman–Crippen LogP) is 1.04. The van der Waals surface area contributed by atoms with Gasteiger partial charge in [-0.1, -0.05) is 6.07 Å². The number of aromatic nitrogens is 2. The van der Waals surface area contributed by atoms with E-state index < -0.39 is 9.84 Å². The average molecular weight is 267 g/mol. The first kappa shape index (κ1) is 13.0. The highest BCUT2D eigenvalue weighted by atomic mass is 32.2. The van der Waals surface area contributed by atoms with Crippen LogP contribution in [0.2, 0.25) is 0 Å². The smallest absolute Gasteiger partial charge is 0.155 e. The highest BCUT2D eigenvalue weighted by Crippen LogP contribution is 2.14. The lowest BCUT2D eigenvalue weighted by Crippen LogP contribution is -2.22. The minimum Gasteiger partial charge on any atom is -0.345 e. The molecule has 0 aliphatic rings. The summed E-state index contributed by atoms with van der Waals surface area (Å²) in [5, 5.41) is 0. The van der Waals surface area contributed by atoms with Gasteiger partial charge in [-0.15, -0.1) is 0 Å². The summed E-state index contributed by atoms with van der Waals surface area (Å²) >= 11 is 0. The number of nitrogens with zero attached hydrogens (tertiary/aromatic N) is 2. The summed E-state index contributed by atoms with van der Waals surface area (Å²) < 4.78 is 23.9. The van der Waals surface area contributed by atoms with Crippen LogP contribution in [0.25, 0.3) is 11.0 Å². The van der Waals surface area contributed by atoms with Gasteiger partial charge in [0, 0.05) is 6.54 Å². The summed E-state index contributed by atoms with van der Waals surface area (Å²) in [6.45, 7) is 0.550. The molecule has 0 radical (unpaired) electrons. The summed E-state index contributed by atoms with van der Waals surface area (Å²) in [5.41, 5.74) is 2.52. The fraction of sp³-hybridized carbons (Fsp3) is 0.417. The van der Waals surface area contributed by atoms with E-state index in [1.165, 1.54) is 0 Å². The lowest BCUT2D eigenvalue weighted by molar-refractivity contribution is 0.432. The van der Waals surface area contributed by atoms with E-state index in [1.54, 1.807) is 6.33 Å². The number of H-pyrrole nitrogens is 1. The normalized spacial score (nSPS) is 12.4. The standard InChI is InChI=1S/C12H17N3O2S/c1-15(2)5-6-18(16,17)8-10-3-4-11-12(7-10)14-9-13-11/h3-4,7,9H,5-6,8H2,1-2H3,(H,13,14). The zero-order valence-corrected chi connectivity index (χ0v) is 11.4. The molecule has 1 aromatic heterocycles. The number of imidazole rings is 1. The Kier molecular flexibility index (Phi) is 3.68. The number of aromatic amines is 1. The molecule has 0 atom stereocenters. The van der Waals surface area contributed by atoms with Crippen molar-refractivity contribution in [2.45, 2.75) is 5.75 Å². The Labute approximate surface area is 107 Å². The molecule has 2 aromatic rings. The van der Waals surface area contributed by atoms with Crippen molar-refractivity contribution in [3.8, 4) is 0 Å². The van der Waals surface area contributed by atoms with Crippen molar-refractivity contribution < 1.29 is 8.42 Å². The van der Waals surface area contributed by atoms with Gasteiger partial charge >= 0.3 is 0 Å². The highest BCUT2D eigenvalue weighted by Gasteiger charge is 2.13. The second-order valence-electron chi connectivity index (χ2n) is 4.65. The minimum absolute atomic E-state index is 0.0792. The minimum atomic E-state index is -3.06. The van der Waals surface area contributed by atoms with E-state index in [1.807, 2.05) is 37.2 Å². The Hall–Kier alpha value is -1.40. The molecule has 0 aliphatic carbocycles. The van der Waals surface area contributed by atoms with Gasteiger partial charge < -0.3 is 9.88 Å². The van der Waals surface area contributed by atoms with E-state index in [9.17, 15) is 8.42 Å². The number of fused-ring (bicyclic) bond motifs is 1. The van der Waals surface area contributed by atoms with Crippen LogP contribution in [0.4, 0.5) is 0 Å². The molecule has 98 valence electrons. The van der Waals surface area contributed by atoms with Gasteiger partial charge in [-0.3, -0.25) is 0 Å². The monoisotopic (exact) mass is 267 g/mol. The number of hydrogen-bond donors (Lipinski definition) is 1. The summed E-state index contributed by atoms with van der Waals surface area (Å²) in [4.78, 5) is 8.96. The van der Waals surface area contributed by atoms with Crippen LogP contribution in [0.15, 0.2) is 24.5 Å². The van der Waals surface area contributed by atoms with Gasteiger partial charge in [0.15, 0.2) is 9.84 Å². The zero-order valence-electron chi connectivity index (χ0n) is 10.5. The molecule has 0 spiro atoms. The Morgan fingerprint density at radius 3 is 2.83 bits per heavy atom. The molecule has 0 aliphatic heterocycles. The van der Waals surface area contributed by atoms with E-state index in [-0.39, 0.29) is 11.5 Å². The molecule has 18 heavy (non-hydrogen) atoms. The van der Waals surface area contributed by atoms with Gasteiger partial charge in [0.2, 0.25) is 0 Å². The molecular weight excluding hydrogens is 250 g/mol. The van der Waals surface area contributed by atoms with Gasteiger partial charge in [-0.25, -0.2) is 13.4 Å². The molecule has 1 N–H and O–H groups in total. The maximum Gasteiger partial charge on any atom is 0.155 e. The van der Waals surface area contributed by atoms with Gasteiger partial charge in [0.1, 0.15) is 0 Å². The molecule has 1 heterocycles. The Bertz CT molecular complexity index is 632. The molecule has 5 nitrogen and oxygen atoms in total. The van der Waals surface area contributed by atoms with Crippen molar-refractivity contribution in [2.24, 2.45) is 0 Å². The summed E-state index contributed by atoms with van der Waals surface area (Å²) in [6, 6.07) is 5.49. The second-order valence-corrected chi connectivity index (χ2v) is 6.83. The van der Waals surface area contributed by atoms with Gasteiger partial charge in [-0.2, -0.15) is 0 Å². The summed E-state index contributed by atoms with van der Waals surface area (Å²) in [5.74, 6) is 0.261. The van der Waals surface area contributed by atoms with Crippen LogP contribution in [-0.4, -0.2) is 49.7 Å². The second kappa shape index (κ2) is 5.07. The van der Waals surface area contributed by atoms with Gasteiger partial charge in [0.05, 0.1) is 28.9 Å². The zero-order chi connectivity index (χ0) is 13.2. The molecule has 0 fully saturated rings. The van der Waals surface area contributed by atoms with Crippen molar-refractivity contribution in [1.82, 2.24) is 14.9 Å². The van der Waals surface area contributed by atoms with Gasteiger partial charge in [0.25, 0.3) is 0 Å². The maximum atomic E-state index is 11.9. The molecule has 2 rings (SSSR count). The lowest BCUT2D eigenvalue weighted by Gasteiger charge is -2.09. The van der Waals surface area contributed by atoms with E-state index in [0.717, 1.165) is 16.6 Å². The molecule has 1 aromatic carbocycles. The van der Waals surface area contributed by atoms with Crippen molar-refractivity contribution >= 4 is 20.9 Å². The molecule has 0 saturated carbocycles. The van der Waals surface area contributed by atoms with Crippen LogP contribution in [0, 0.1) is 0 Å². The third-order valence-electron chi connectivity index (χ3n) is 2.72. The Morgan fingerprint density at radius 1 is 1.33 bits per heavy atom. The van der Waals surface area contributed by atoms with Crippen LogP contribution in [-0.2, 0) is 15.6 Å². The topological polar surface area (TPSA) is 66.1 Å². The molecule has 0 saturated heterocycles. The molecule has 0 unspecified atom stereocenters. The Balaban J connectivity index is 2.12. The number of rotatable bonds is 5. The fourth-order valence-corrected chi connectivity index (χ4v) is 3.20. The number of benzene rings is 1. The van der Waals surface area contributed by atoms with E-state index >= 15 is 0 Å². The quantitative estimate of drug-likeness (QED) is 0.879. The molecular formula is C12H17N3O2S. The fourth-order valence-electron chi connectivity index (χ4n) is 1.72. The number of hydrogen-bond acceptors (Lipinski definition) is 4. The number of nitrogens with one attached hydrogen (secondary N) is 1. The first-order chi connectivity index (χ1) is 8.46. The van der Waals surface area contributed by atoms with E-state index in [2.05, 4.69) is 9.97 Å². The van der Waals surface area contributed by atoms with Crippen molar-refractivity contribution in [2.75, 3.05) is 26.4 Å². The molecule has 0 amide bonds. The van der Waals surface area contributed by atoms with Crippen molar-refractivity contribution in [1.29, 1.82) is 0 Å². The summed E-state index contributed by atoms with van der Waals surface area (Å²) in [7, 11) is 0.677. The SMILES string of the molecule is CN(C)CCS(=O)(=O)Cc1ccc2nc[nH]c2c1. The van der Waals surface area contributed by atoms with Crippen LogP contribution in [0.5, 0.6) is 0 Å². The molecule has 6 heteroatoms. The Morgan fingerprint density at radius 2 is 2.11 bits per heavy atom.